The fraction of sp³-hybridized carbons (Fsp3) is 0.500. The van der Waals surface area contributed by atoms with E-state index in [1.165, 1.54) is 18.3 Å². The third kappa shape index (κ3) is 8.91. The summed E-state index contributed by atoms with van der Waals surface area (Å²) >= 11 is 0. The van der Waals surface area contributed by atoms with Crippen molar-refractivity contribution in [1.82, 2.24) is 10.3 Å². The number of halogens is 5. The van der Waals surface area contributed by atoms with Gasteiger partial charge in [-0.15, -0.1) is 24.8 Å². The highest BCUT2D eigenvalue weighted by molar-refractivity contribution is 5.96. The highest BCUT2D eigenvalue weighted by Crippen LogP contribution is 2.19. The Bertz CT molecular complexity index is 448. The zero-order chi connectivity index (χ0) is 15.0. The fourth-order valence-electron chi connectivity index (χ4n) is 1.40. The topological polar surface area (TPSA) is 77.2 Å². The van der Waals surface area contributed by atoms with Gasteiger partial charge in [-0.1, -0.05) is 0 Å². The average molecular weight is 364 g/mol. The molecule has 1 rings (SSSR count). The van der Waals surface area contributed by atoms with E-state index in [4.69, 9.17) is 5.73 Å². The second kappa shape index (κ2) is 11.3. The number of aromatic nitrogens is 1. The Labute approximate surface area is 138 Å². The van der Waals surface area contributed by atoms with Crippen molar-refractivity contribution in [1.29, 1.82) is 0 Å². The molecule has 0 spiro atoms. The number of pyridine rings is 1. The van der Waals surface area contributed by atoms with Gasteiger partial charge in [-0.3, -0.25) is 4.79 Å². The van der Waals surface area contributed by atoms with E-state index in [1.807, 2.05) is 0 Å². The van der Waals surface area contributed by atoms with Crippen LogP contribution in [0.25, 0.3) is 0 Å². The van der Waals surface area contributed by atoms with Crippen LogP contribution in [0.15, 0.2) is 18.3 Å². The molecule has 1 amide bonds. The maximum Gasteiger partial charge on any atom is 0.422 e. The zero-order valence-electron chi connectivity index (χ0n) is 11.6. The summed E-state index contributed by atoms with van der Waals surface area (Å²) in [6.45, 7) is -0.580. The minimum absolute atomic E-state index is 0. The number of carbonyl (C=O) groups is 1. The molecule has 10 heteroatoms. The van der Waals surface area contributed by atoms with Crippen molar-refractivity contribution in [2.75, 3.05) is 19.7 Å². The summed E-state index contributed by atoms with van der Waals surface area (Å²) in [5.41, 5.74) is 5.29. The van der Waals surface area contributed by atoms with Crippen molar-refractivity contribution in [3.63, 3.8) is 0 Å². The molecule has 0 saturated heterocycles. The molecular formula is C12H18Cl2F3N3O2. The number of unbranched alkanes of at least 4 members (excludes halogenated alkanes) is 1. The molecule has 1 aromatic heterocycles. The molecule has 0 atom stereocenters. The monoisotopic (exact) mass is 363 g/mol. The van der Waals surface area contributed by atoms with E-state index in [9.17, 15) is 18.0 Å². The van der Waals surface area contributed by atoms with Crippen LogP contribution in [0, 0.1) is 0 Å². The Morgan fingerprint density at radius 2 is 2.00 bits per heavy atom. The molecule has 0 aromatic carbocycles. The zero-order valence-corrected chi connectivity index (χ0v) is 13.2. The van der Waals surface area contributed by atoms with Crippen LogP contribution in [0.4, 0.5) is 13.2 Å². The van der Waals surface area contributed by atoms with E-state index in [-0.39, 0.29) is 36.3 Å². The molecule has 0 radical (unpaired) electrons. The number of rotatable bonds is 7. The number of amides is 1. The Hall–Kier alpha value is -1.25. The van der Waals surface area contributed by atoms with Crippen LogP contribution in [0.5, 0.6) is 5.88 Å². The molecule has 0 aliphatic heterocycles. The fourth-order valence-corrected chi connectivity index (χ4v) is 1.40. The first-order valence-corrected chi connectivity index (χ1v) is 6.07. The van der Waals surface area contributed by atoms with Crippen LogP contribution in [0.2, 0.25) is 0 Å². The maximum absolute atomic E-state index is 12.1. The molecule has 1 aromatic rings. The molecule has 1 heterocycles. The number of carbonyl (C=O) groups excluding carboxylic acids is 1. The lowest BCUT2D eigenvalue weighted by Crippen LogP contribution is -2.27. The van der Waals surface area contributed by atoms with Crippen molar-refractivity contribution < 1.29 is 22.7 Å². The van der Waals surface area contributed by atoms with E-state index >= 15 is 0 Å². The standard InChI is InChI=1S/C12H16F3N3O2.2ClH/c13-12(14,15)8-20-11-9(4-3-7-18-11)10(19)17-6-2-1-5-16;;/h3-4,7H,1-2,5-6,8,16H2,(H,17,19);2*1H. The smallest absolute Gasteiger partial charge is 0.422 e. The lowest BCUT2D eigenvalue weighted by atomic mass is 10.2. The second-order valence-electron chi connectivity index (χ2n) is 4.01. The van der Waals surface area contributed by atoms with Gasteiger partial charge in [0.05, 0.1) is 0 Å². The normalized spacial score (nSPS) is 10.2. The van der Waals surface area contributed by atoms with E-state index in [0.29, 0.717) is 19.5 Å². The molecule has 0 fully saturated rings. The lowest BCUT2D eigenvalue weighted by Gasteiger charge is -2.11. The van der Waals surface area contributed by atoms with Crippen LogP contribution in [-0.2, 0) is 0 Å². The molecular weight excluding hydrogens is 346 g/mol. The number of alkyl halides is 3. The summed E-state index contributed by atoms with van der Waals surface area (Å²) in [4.78, 5) is 15.5. The Balaban J connectivity index is 0. The van der Waals surface area contributed by atoms with Gasteiger partial charge in [0.25, 0.3) is 5.91 Å². The minimum Gasteiger partial charge on any atom is -0.467 e. The Morgan fingerprint density at radius 3 is 2.59 bits per heavy atom. The van der Waals surface area contributed by atoms with E-state index in [0.717, 1.165) is 6.42 Å². The van der Waals surface area contributed by atoms with Crippen molar-refractivity contribution in [3.05, 3.63) is 23.9 Å². The van der Waals surface area contributed by atoms with Gasteiger partial charge in [0, 0.05) is 12.7 Å². The van der Waals surface area contributed by atoms with Gasteiger partial charge >= 0.3 is 6.18 Å². The summed E-state index contributed by atoms with van der Waals surface area (Å²) in [5, 5.41) is 2.58. The van der Waals surface area contributed by atoms with Gasteiger partial charge in [0.1, 0.15) is 5.56 Å². The SMILES string of the molecule is Cl.Cl.NCCCCNC(=O)c1cccnc1OCC(F)(F)F. The number of nitrogens with one attached hydrogen (secondary N) is 1. The summed E-state index contributed by atoms with van der Waals surface area (Å²) in [5.74, 6) is -0.853. The third-order valence-corrected chi connectivity index (χ3v) is 2.30. The first kappa shape index (κ1) is 23.0. The first-order chi connectivity index (χ1) is 9.44. The van der Waals surface area contributed by atoms with Crippen molar-refractivity contribution in [2.24, 2.45) is 5.73 Å². The second-order valence-corrected chi connectivity index (χ2v) is 4.01. The quantitative estimate of drug-likeness (QED) is 0.728. The van der Waals surface area contributed by atoms with Crippen molar-refractivity contribution in [3.8, 4) is 5.88 Å². The average Bonchev–Trinajstić information content (AvgIpc) is 2.40. The van der Waals surface area contributed by atoms with Crippen LogP contribution >= 0.6 is 24.8 Å². The number of nitrogens with two attached hydrogens (primary N) is 1. The van der Waals surface area contributed by atoms with Gasteiger partial charge in [-0.2, -0.15) is 13.2 Å². The van der Waals surface area contributed by atoms with Crippen LogP contribution in [-0.4, -0.2) is 36.8 Å². The predicted molar refractivity (Wildman–Crippen MR) is 80.9 cm³/mol. The third-order valence-electron chi connectivity index (χ3n) is 2.30. The first-order valence-electron chi connectivity index (χ1n) is 6.07. The summed E-state index contributed by atoms with van der Waals surface area (Å²) in [7, 11) is 0. The molecule has 0 bridgehead atoms. The number of ether oxygens (including phenoxy) is 1. The van der Waals surface area contributed by atoms with E-state index in [2.05, 4.69) is 15.0 Å². The lowest BCUT2D eigenvalue weighted by molar-refractivity contribution is -0.154. The summed E-state index contributed by atoms with van der Waals surface area (Å²) in [6.07, 6.45) is -1.77. The Morgan fingerprint density at radius 1 is 1.32 bits per heavy atom. The molecule has 0 aliphatic carbocycles. The van der Waals surface area contributed by atoms with Gasteiger partial charge in [0.2, 0.25) is 5.88 Å². The molecule has 0 unspecified atom stereocenters. The van der Waals surface area contributed by atoms with Gasteiger partial charge in [0.15, 0.2) is 6.61 Å². The summed E-state index contributed by atoms with van der Waals surface area (Å²) < 4.78 is 40.8. The number of hydrogen-bond acceptors (Lipinski definition) is 4. The van der Waals surface area contributed by atoms with Crippen LogP contribution in [0.1, 0.15) is 23.2 Å². The highest BCUT2D eigenvalue weighted by Gasteiger charge is 2.29. The number of nitrogens with zero attached hydrogens (tertiary/aromatic N) is 1. The van der Waals surface area contributed by atoms with Crippen molar-refractivity contribution in [2.45, 2.75) is 19.0 Å². The molecule has 3 N–H and O–H groups in total. The molecule has 128 valence electrons. The van der Waals surface area contributed by atoms with E-state index < -0.39 is 18.7 Å². The van der Waals surface area contributed by atoms with Crippen molar-refractivity contribution >= 4 is 30.7 Å². The van der Waals surface area contributed by atoms with Gasteiger partial charge in [-0.25, -0.2) is 4.98 Å². The predicted octanol–water partition coefficient (Wildman–Crippen LogP) is 2.34. The Kier molecular flexibility index (Phi) is 11.9. The largest absolute Gasteiger partial charge is 0.467 e. The van der Waals surface area contributed by atoms with Gasteiger partial charge < -0.3 is 15.8 Å². The highest BCUT2D eigenvalue weighted by atomic mass is 35.5. The van der Waals surface area contributed by atoms with Crippen LogP contribution < -0.4 is 15.8 Å². The summed E-state index contributed by atoms with van der Waals surface area (Å²) in [6, 6.07) is 2.81. The van der Waals surface area contributed by atoms with Crippen LogP contribution in [0.3, 0.4) is 0 Å². The molecule has 5 nitrogen and oxygen atoms in total. The number of hydrogen-bond donors (Lipinski definition) is 2. The van der Waals surface area contributed by atoms with E-state index in [1.54, 1.807) is 0 Å². The molecule has 0 saturated carbocycles. The van der Waals surface area contributed by atoms with Gasteiger partial charge in [-0.05, 0) is 31.5 Å². The molecule has 22 heavy (non-hydrogen) atoms. The maximum atomic E-state index is 12.1. The molecule has 0 aliphatic rings. The minimum atomic E-state index is -4.48.